The van der Waals surface area contributed by atoms with Gasteiger partial charge in [0.25, 0.3) is 0 Å². The molecule has 0 saturated heterocycles. The molecule has 0 amide bonds. The average Bonchev–Trinajstić information content (AvgIpc) is 3.49. The highest BCUT2D eigenvalue weighted by Crippen LogP contribution is 2.42. The highest BCUT2D eigenvalue weighted by atomic mass is 16.3. The van der Waals surface area contributed by atoms with Crippen LogP contribution in [0.15, 0.2) is 104 Å². The first-order chi connectivity index (χ1) is 24.9. The molecule has 53 heavy (non-hydrogen) atoms. The Morgan fingerprint density at radius 1 is 0.604 bits per heavy atom. The van der Waals surface area contributed by atoms with Crippen LogP contribution in [-0.4, -0.2) is 24.6 Å². The second-order valence-corrected chi connectivity index (χ2v) is 18.0. The van der Waals surface area contributed by atoms with Gasteiger partial charge in [-0.2, -0.15) is 0 Å². The molecule has 0 aliphatic rings. The Labute approximate surface area is 314 Å². The molecule has 5 heteroatoms. The number of phenols is 1. The third kappa shape index (κ3) is 6.85. The minimum Gasteiger partial charge on any atom is -0.507 e. The number of rotatable bonds is 5. The lowest BCUT2D eigenvalue weighted by Gasteiger charge is -2.22. The summed E-state index contributed by atoms with van der Waals surface area (Å²) in [6.07, 6.45) is 5.71. The number of hydrogen-bond acceptors (Lipinski definition) is 4. The fourth-order valence-electron chi connectivity index (χ4n) is 7.08. The van der Waals surface area contributed by atoms with E-state index in [-0.39, 0.29) is 27.9 Å². The molecule has 4 aromatic carbocycles. The highest BCUT2D eigenvalue weighted by molar-refractivity contribution is 5.98. The number of imidazole rings is 1. The van der Waals surface area contributed by atoms with Crippen molar-refractivity contribution < 1.29 is 5.11 Å². The van der Waals surface area contributed by atoms with Gasteiger partial charge in [0.15, 0.2) is 0 Å². The van der Waals surface area contributed by atoms with E-state index < -0.39 is 0 Å². The van der Waals surface area contributed by atoms with E-state index in [9.17, 15) is 5.11 Å². The molecule has 1 N–H and O–H groups in total. The molecule has 0 atom stereocenters. The number of nitrogens with zero attached hydrogens (tertiary/aromatic N) is 4. The van der Waals surface area contributed by atoms with Crippen molar-refractivity contribution in [3.63, 3.8) is 0 Å². The summed E-state index contributed by atoms with van der Waals surface area (Å²) >= 11 is 0. The Kier molecular flexibility index (Phi) is 8.84. The van der Waals surface area contributed by atoms with Crippen molar-refractivity contribution in [3.8, 4) is 45.1 Å². The van der Waals surface area contributed by atoms with Gasteiger partial charge in [-0.1, -0.05) is 113 Å². The quantitative estimate of drug-likeness (QED) is 0.194. The molecule has 7 aromatic rings. The average molecular weight is 701 g/mol. The molecule has 0 saturated carbocycles. The monoisotopic (exact) mass is 700 g/mol. The number of phenolic OH excluding ortho intramolecular Hbond substituents is 1. The highest BCUT2D eigenvalue weighted by Gasteiger charge is 2.25. The van der Waals surface area contributed by atoms with Crippen molar-refractivity contribution in [2.24, 2.45) is 0 Å². The zero-order valence-corrected chi connectivity index (χ0v) is 33.1. The Balaban J connectivity index is 1.52. The fraction of sp³-hybridized carbons (Fsp3) is 0.312. The number of aromatic nitrogens is 4. The summed E-state index contributed by atoms with van der Waals surface area (Å²) in [6.45, 7) is 24.5. The van der Waals surface area contributed by atoms with Crippen LogP contribution in [0.25, 0.3) is 61.3 Å². The normalized spacial score (nSPS) is 12.7. The van der Waals surface area contributed by atoms with Gasteiger partial charge in [0.2, 0.25) is 0 Å². The maximum Gasteiger partial charge on any atom is 0.149 e. The molecule has 0 spiro atoms. The Morgan fingerprint density at radius 3 is 1.87 bits per heavy atom. The first-order valence-electron chi connectivity index (χ1n) is 18.8. The maximum atomic E-state index is 11.4. The standard InChI is InChI=1S/C48H52N4O/c1-29(2)31-21-32(38-26-36(48(9,10)11)24-30-13-12-20-50-43(30)38)23-33(22-31)40-27-49-28-41-44(40)51-45(39-25-35(47(6,7)8)16-19-42(39)53)52(41)37-17-14-34(15-18-37)46(3,4)5/h12-29,53H,1-11H3. The zero-order valence-electron chi connectivity index (χ0n) is 33.1. The molecule has 3 aromatic heterocycles. The Hall–Kier alpha value is -5.29. The fourth-order valence-corrected chi connectivity index (χ4v) is 7.08. The summed E-state index contributed by atoms with van der Waals surface area (Å²) < 4.78 is 2.15. The van der Waals surface area contributed by atoms with E-state index in [4.69, 9.17) is 15.0 Å². The second-order valence-electron chi connectivity index (χ2n) is 18.0. The third-order valence-electron chi connectivity index (χ3n) is 10.5. The van der Waals surface area contributed by atoms with Gasteiger partial charge in [-0.25, -0.2) is 4.98 Å². The molecule has 5 nitrogen and oxygen atoms in total. The maximum absolute atomic E-state index is 11.4. The van der Waals surface area contributed by atoms with E-state index in [0.29, 0.717) is 11.4 Å². The molecule has 0 aliphatic heterocycles. The molecular formula is C48H52N4O. The first-order valence-corrected chi connectivity index (χ1v) is 18.8. The van der Waals surface area contributed by atoms with Crippen LogP contribution in [0.4, 0.5) is 0 Å². The van der Waals surface area contributed by atoms with Gasteiger partial charge in [0.1, 0.15) is 17.1 Å². The minimum absolute atomic E-state index is 0.0127. The summed E-state index contributed by atoms with van der Waals surface area (Å²) in [5, 5.41) is 12.6. The molecule has 270 valence electrons. The van der Waals surface area contributed by atoms with Crippen molar-refractivity contribution in [1.82, 2.24) is 19.5 Å². The zero-order chi connectivity index (χ0) is 38.0. The van der Waals surface area contributed by atoms with Crippen LogP contribution < -0.4 is 0 Å². The van der Waals surface area contributed by atoms with Crippen molar-refractivity contribution in [2.45, 2.75) is 98.3 Å². The number of hydrogen-bond donors (Lipinski definition) is 1. The van der Waals surface area contributed by atoms with E-state index in [2.05, 4.69) is 147 Å². The van der Waals surface area contributed by atoms with Crippen LogP contribution in [0, 0.1) is 0 Å². The molecule has 0 bridgehead atoms. The lowest BCUT2D eigenvalue weighted by molar-refractivity contribution is 0.475. The molecule has 0 fully saturated rings. The topological polar surface area (TPSA) is 63.8 Å². The summed E-state index contributed by atoms with van der Waals surface area (Å²) in [5.74, 6) is 1.16. The van der Waals surface area contributed by atoms with Gasteiger partial charge in [-0.3, -0.25) is 14.5 Å². The predicted molar refractivity (Wildman–Crippen MR) is 222 cm³/mol. The summed E-state index contributed by atoms with van der Waals surface area (Å²) in [7, 11) is 0. The molecule has 0 aliphatic carbocycles. The van der Waals surface area contributed by atoms with Crippen LogP contribution in [0.2, 0.25) is 0 Å². The van der Waals surface area contributed by atoms with E-state index in [1.54, 1.807) is 6.07 Å². The largest absolute Gasteiger partial charge is 0.507 e. The van der Waals surface area contributed by atoms with E-state index in [0.717, 1.165) is 55.4 Å². The molecule has 0 radical (unpaired) electrons. The third-order valence-corrected chi connectivity index (χ3v) is 10.5. The number of pyridine rings is 2. The minimum atomic E-state index is -0.114. The summed E-state index contributed by atoms with van der Waals surface area (Å²) in [5.41, 5.74) is 13.3. The molecule has 0 unspecified atom stereocenters. The number of fused-ring (bicyclic) bond motifs is 2. The number of benzene rings is 4. The van der Waals surface area contributed by atoms with Crippen LogP contribution in [0.3, 0.4) is 0 Å². The van der Waals surface area contributed by atoms with Crippen LogP contribution in [0.1, 0.15) is 104 Å². The van der Waals surface area contributed by atoms with E-state index in [1.165, 1.54) is 16.7 Å². The Morgan fingerprint density at radius 2 is 1.23 bits per heavy atom. The lowest BCUT2D eigenvalue weighted by atomic mass is 9.83. The summed E-state index contributed by atoms with van der Waals surface area (Å²) in [6, 6.07) is 30.2. The lowest BCUT2D eigenvalue weighted by Crippen LogP contribution is -2.11. The van der Waals surface area contributed by atoms with Gasteiger partial charge in [0, 0.05) is 34.6 Å². The Bertz CT molecular complexity index is 2480. The predicted octanol–water partition coefficient (Wildman–Crippen LogP) is 12.7. The van der Waals surface area contributed by atoms with Gasteiger partial charge in [-0.05, 0) is 104 Å². The van der Waals surface area contributed by atoms with Gasteiger partial charge >= 0.3 is 0 Å². The smallest absolute Gasteiger partial charge is 0.149 e. The molecular weight excluding hydrogens is 649 g/mol. The van der Waals surface area contributed by atoms with Crippen molar-refractivity contribution in [3.05, 3.63) is 126 Å². The summed E-state index contributed by atoms with van der Waals surface area (Å²) in [4.78, 5) is 15.2. The van der Waals surface area contributed by atoms with Gasteiger partial charge in [0.05, 0.1) is 22.8 Å². The van der Waals surface area contributed by atoms with Crippen LogP contribution in [0.5, 0.6) is 5.75 Å². The van der Waals surface area contributed by atoms with E-state index >= 15 is 0 Å². The van der Waals surface area contributed by atoms with Crippen molar-refractivity contribution in [1.29, 1.82) is 0 Å². The van der Waals surface area contributed by atoms with Crippen LogP contribution in [-0.2, 0) is 16.2 Å². The SMILES string of the molecule is CC(C)c1cc(-c2cc(C(C)(C)C)cc3cccnc23)cc(-c2cncc3c2nc(-c2cc(C(C)(C)C)ccc2O)n3-c2ccc(C(C)(C)C)cc2)c1. The second kappa shape index (κ2) is 13.0. The van der Waals surface area contributed by atoms with E-state index in [1.807, 2.05) is 30.7 Å². The van der Waals surface area contributed by atoms with Gasteiger partial charge in [-0.15, -0.1) is 0 Å². The van der Waals surface area contributed by atoms with Crippen molar-refractivity contribution >= 4 is 21.9 Å². The van der Waals surface area contributed by atoms with Gasteiger partial charge < -0.3 is 5.11 Å². The first kappa shape index (κ1) is 36.1. The molecule has 7 rings (SSSR count). The number of aromatic hydroxyl groups is 1. The molecule has 3 heterocycles. The van der Waals surface area contributed by atoms with Crippen molar-refractivity contribution in [2.75, 3.05) is 0 Å². The van der Waals surface area contributed by atoms with Crippen LogP contribution >= 0.6 is 0 Å².